The molecule has 1 amide bonds. The summed E-state index contributed by atoms with van der Waals surface area (Å²) in [6.07, 6.45) is 2.46. The summed E-state index contributed by atoms with van der Waals surface area (Å²) in [5.74, 6) is -0.696. The first kappa shape index (κ1) is 16.2. The second-order valence-electron chi connectivity index (χ2n) is 5.85. The van der Waals surface area contributed by atoms with Gasteiger partial charge in [0.1, 0.15) is 5.75 Å². The van der Waals surface area contributed by atoms with Gasteiger partial charge in [0.2, 0.25) is 0 Å². The van der Waals surface area contributed by atoms with Crippen molar-refractivity contribution in [2.45, 2.75) is 19.8 Å². The maximum atomic E-state index is 12.9. The lowest BCUT2D eigenvalue weighted by Gasteiger charge is -2.31. The van der Waals surface area contributed by atoms with Crippen molar-refractivity contribution < 1.29 is 19.4 Å². The number of carbonyl (C=O) groups excluding carboxylic acids is 2. The zero-order valence-electron chi connectivity index (χ0n) is 13.6. The molecule has 0 spiro atoms. The van der Waals surface area contributed by atoms with Gasteiger partial charge in [0.25, 0.3) is 5.91 Å². The van der Waals surface area contributed by atoms with Crippen LogP contribution in [0, 0.1) is 5.92 Å². The highest BCUT2D eigenvalue weighted by atomic mass is 16.5. The Balaban J connectivity index is 1.79. The molecule has 0 atom stereocenters. The van der Waals surface area contributed by atoms with Crippen LogP contribution >= 0.6 is 0 Å². The largest absolute Gasteiger partial charge is 0.505 e. The third-order valence-electron chi connectivity index (χ3n) is 4.37. The van der Waals surface area contributed by atoms with Crippen LogP contribution in [0.15, 0.2) is 30.5 Å². The quantitative estimate of drug-likeness (QED) is 0.875. The minimum Gasteiger partial charge on any atom is -0.505 e. The van der Waals surface area contributed by atoms with Crippen LogP contribution in [-0.2, 0) is 9.53 Å². The van der Waals surface area contributed by atoms with Crippen molar-refractivity contribution in [1.82, 2.24) is 9.88 Å². The summed E-state index contributed by atoms with van der Waals surface area (Å²) in [4.78, 5) is 30.5. The summed E-state index contributed by atoms with van der Waals surface area (Å²) in [5.41, 5.74) is 0.940. The molecule has 0 unspecified atom stereocenters. The number of para-hydroxylation sites is 1. The molecule has 1 N–H and O–H groups in total. The lowest BCUT2D eigenvalue weighted by Crippen LogP contribution is -2.40. The Morgan fingerprint density at radius 3 is 2.71 bits per heavy atom. The van der Waals surface area contributed by atoms with Crippen LogP contribution < -0.4 is 0 Å². The van der Waals surface area contributed by atoms with Crippen molar-refractivity contribution in [2.75, 3.05) is 19.7 Å². The molecule has 1 fully saturated rings. The van der Waals surface area contributed by atoms with Crippen molar-refractivity contribution in [1.29, 1.82) is 0 Å². The standard InChI is InChI=1S/C18H20N2O4/c1-2-24-18(23)12-7-9-20(10-8-12)17(22)16-13-5-3-4-6-14(13)19-11-15(16)21/h3-6,11-12,21H,2,7-10H2,1H3. The minimum absolute atomic E-state index is 0.119. The van der Waals surface area contributed by atoms with Crippen molar-refractivity contribution in [3.8, 4) is 5.75 Å². The monoisotopic (exact) mass is 328 g/mol. The Bertz CT molecular complexity index is 767. The van der Waals surface area contributed by atoms with E-state index >= 15 is 0 Å². The Kier molecular flexibility index (Phi) is 4.64. The molecule has 126 valence electrons. The second-order valence-corrected chi connectivity index (χ2v) is 5.85. The Morgan fingerprint density at radius 1 is 1.29 bits per heavy atom. The van der Waals surface area contributed by atoms with E-state index in [0.717, 1.165) is 0 Å². The lowest BCUT2D eigenvalue weighted by atomic mass is 9.96. The highest BCUT2D eigenvalue weighted by Crippen LogP contribution is 2.28. The molecule has 1 aliphatic rings. The fraction of sp³-hybridized carbons (Fsp3) is 0.389. The molecule has 1 aromatic heterocycles. The van der Waals surface area contributed by atoms with Crippen LogP contribution in [-0.4, -0.2) is 46.6 Å². The minimum atomic E-state index is -0.228. The average Bonchev–Trinajstić information content (AvgIpc) is 2.61. The summed E-state index contributed by atoms with van der Waals surface area (Å²) in [7, 11) is 0. The zero-order valence-corrected chi connectivity index (χ0v) is 13.6. The number of carbonyl (C=O) groups is 2. The predicted octanol–water partition coefficient (Wildman–Crippen LogP) is 2.36. The molecule has 6 heteroatoms. The van der Waals surface area contributed by atoms with Crippen LogP contribution in [0.1, 0.15) is 30.1 Å². The number of aromatic nitrogens is 1. The number of pyridine rings is 1. The van der Waals surface area contributed by atoms with Gasteiger partial charge in [0.05, 0.1) is 29.8 Å². The van der Waals surface area contributed by atoms with Crippen LogP contribution in [0.4, 0.5) is 0 Å². The summed E-state index contributed by atoms with van der Waals surface area (Å²) in [6, 6.07) is 7.23. The van der Waals surface area contributed by atoms with Gasteiger partial charge in [0, 0.05) is 18.5 Å². The van der Waals surface area contributed by atoms with E-state index in [1.165, 1.54) is 6.20 Å². The topological polar surface area (TPSA) is 79.7 Å². The van der Waals surface area contributed by atoms with Crippen molar-refractivity contribution in [3.63, 3.8) is 0 Å². The van der Waals surface area contributed by atoms with E-state index in [4.69, 9.17) is 4.74 Å². The molecule has 1 saturated heterocycles. The summed E-state index contributed by atoms with van der Waals surface area (Å²) < 4.78 is 5.05. The van der Waals surface area contributed by atoms with E-state index in [2.05, 4.69) is 4.98 Å². The molecule has 0 bridgehead atoms. The van der Waals surface area contributed by atoms with Gasteiger partial charge in [-0.1, -0.05) is 18.2 Å². The summed E-state index contributed by atoms with van der Waals surface area (Å²) in [6.45, 7) is 3.10. The van der Waals surface area contributed by atoms with Gasteiger partial charge in [-0.3, -0.25) is 14.6 Å². The van der Waals surface area contributed by atoms with Crippen LogP contribution in [0.3, 0.4) is 0 Å². The van der Waals surface area contributed by atoms with Crippen molar-refractivity contribution in [3.05, 3.63) is 36.0 Å². The molecule has 6 nitrogen and oxygen atoms in total. The first-order chi connectivity index (χ1) is 11.6. The summed E-state index contributed by atoms with van der Waals surface area (Å²) >= 11 is 0. The SMILES string of the molecule is CCOC(=O)C1CCN(C(=O)c2c(O)cnc3ccccc23)CC1. The smallest absolute Gasteiger partial charge is 0.309 e. The molecule has 1 aliphatic heterocycles. The van der Waals surface area contributed by atoms with Gasteiger partial charge >= 0.3 is 5.97 Å². The van der Waals surface area contributed by atoms with E-state index < -0.39 is 0 Å². The number of amides is 1. The second kappa shape index (κ2) is 6.86. The third-order valence-corrected chi connectivity index (χ3v) is 4.37. The van der Waals surface area contributed by atoms with E-state index in [0.29, 0.717) is 43.4 Å². The van der Waals surface area contributed by atoms with Gasteiger partial charge in [-0.05, 0) is 25.8 Å². The molecule has 2 aromatic rings. The van der Waals surface area contributed by atoms with Crippen LogP contribution in [0.5, 0.6) is 5.75 Å². The van der Waals surface area contributed by atoms with E-state index in [9.17, 15) is 14.7 Å². The number of piperidine rings is 1. The summed E-state index contributed by atoms with van der Waals surface area (Å²) in [5, 5.41) is 10.8. The average molecular weight is 328 g/mol. The molecule has 1 aromatic carbocycles. The maximum Gasteiger partial charge on any atom is 0.309 e. The fourth-order valence-corrected chi connectivity index (χ4v) is 3.09. The van der Waals surface area contributed by atoms with Gasteiger partial charge in [0.15, 0.2) is 0 Å². The molecule has 0 saturated carbocycles. The highest BCUT2D eigenvalue weighted by Gasteiger charge is 2.30. The number of hydrogen-bond acceptors (Lipinski definition) is 5. The first-order valence-corrected chi connectivity index (χ1v) is 8.14. The number of likely N-dealkylation sites (tertiary alicyclic amines) is 1. The highest BCUT2D eigenvalue weighted by molar-refractivity contribution is 6.08. The Labute approximate surface area is 140 Å². The van der Waals surface area contributed by atoms with Gasteiger partial charge in [-0.2, -0.15) is 0 Å². The molecule has 2 heterocycles. The Hall–Kier alpha value is -2.63. The maximum absolute atomic E-state index is 12.9. The van der Waals surface area contributed by atoms with E-state index in [1.807, 2.05) is 12.1 Å². The normalized spacial score (nSPS) is 15.5. The number of fused-ring (bicyclic) bond motifs is 1. The molecule has 0 radical (unpaired) electrons. The number of aromatic hydroxyl groups is 1. The van der Waals surface area contributed by atoms with Gasteiger partial charge in [-0.15, -0.1) is 0 Å². The van der Waals surface area contributed by atoms with E-state index in [1.54, 1.807) is 24.0 Å². The predicted molar refractivity (Wildman–Crippen MR) is 88.7 cm³/mol. The number of ether oxygens (including phenoxy) is 1. The Morgan fingerprint density at radius 2 is 2.00 bits per heavy atom. The lowest BCUT2D eigenvalue weighted by molar-refractivity contribution is -0.149. The number of rotatable bonds is 3. The van der Waals surface area contributed by atoms with Gasteiger partial charge < -0.3 is 14.7 Å². The van der Waals surface area contributed by atoms with Crippen molar-refractivity contribution in [2.24, 2.45) is 5.92 Å². The number of nitrogens with zero attached hydrogens (tertiary/aromatic N) is 2. The fourth-order valence-electron chi connectivity index (χ4n) is 3.09. The zero-order chi connectivity index (χ0) is 17.1. The molecule has 24 heavy (non-hydrogen) atoms. The number of benzene rings is 1. The van der Waals surface area contributed by atoms with Crippen molar-refractivity contribution >= 4 is 22.8 Å². The molecule has 3 rings (SSSR count). The van der Waals surface area contributed by atoms with Crippen LogP contribution in [0.2, 0.25) is 0 Å². The van der Waals surface area contributed by atoms with Crippen LogP contribution in [0.25, 0.3) is 10.9 Å². The van der Waals surface area contributed by atoms with Gasteiger partial charge in [-0.25, -0.2) is 0 Å². The number of hydrogen-bond donors (Lipinski definition) is 1. The molecular weight excluding hydrogens is 308 g/mol. The number of esters is 1. The van der Waals surface area contributed by atoms with E-state index in [-0.39, 0.29) is 29.1 Å². The third kappa shape index (κ3) is 3.04. The molecule has 0 aliphatic carbocycles. The first-order valence-electron chi connectivity index (χ1n) is 8.14. The molecular formula is C18H20N2O4.